The van der Waals surface area contributed by atoms with Gasteiger partial charge in [0.05, 0.1) is 6.26 Å². The maximum Gasteiger partial charge on any atom is 0.226 e. The van der Waals surface area contributed by atoms with E-state index < -0.39 is 10.0 Å². The van der Waals surface area contributed by atoms with Crippen molar-refractivity contribution < 1.29 is 13.2 Å². The van der Waals surface area contributed by atoms with Crippen molar-refractivity contribution in [1.29, 1.82) is 0 Å². The van der Waals surface area contributed by atoms with Gasteiger partial charge in [0.25, 0.3) is 0 Å². The Bertz CT molecular complexity index is 957. The summed E-state index contributed by atoms with van der Waals surface area (Å²) >= 11 is 0. The molecule has 1 aliphatic heterocycles. The summed E-state index contributed by atoms with van der Waals surface area (Å²) in [6.45, 7) is 1.35. The van der Waals surface area contributed by atoms with Crippen LogP contribution in [-0.2, 0) is 14.8 Å². The molecule has 0 aromatic heterocycles. The number of carbonyl (C=O) groups is 1. The Labute approximate surface area is 173 Å². The lowest BCUT2D eigenvalue weighted by Crippen LogP contribution is -2.36. The first-order valence-electron chi connectivity index (χ1n) is 10.3. The Morgan fingerprint density at radius 2 is 1.66 bits per heavy atom. The SMILES string of the molecule is CS(=O)(=O)N[C@@H]1CCCN(C(=O)[C@@H]2C[C@H]2c2ccc(-c3ccccc3)cc2)CC1. The summed E-state index contributed by atoms with van der Waals surface area (Å²) in [7, 11) is -3.20. The minimum atomic E-state index is -3.20. The number of nitrogens with one attached hydrogen (secondary N) is 1. The number of carbonyl (C=O) groups excluding carboxylic acids is 1. The fourth-order valence-electron chi connectivity index (χ4n) is 4.36. The lowest BCUT2D eigenvalue weighted by molar-refractivity contribution is -0.132. The summed E-state index contributed by atoms with van der Waals surface area (Å²) in [5.41, 5.74) is 3.62. The van der Waals surface area contributed by atoms with Crippen molar-refractivity contribution in [1.82, 2.24) is 9.62 Å². The molecule has 0 spiro atoms. The molecule has 6 heteroatoms. The van der Waals surface area contributed by atoms with Gasteiger partial charge in [-0.2, -0.15) is 0 Å². The molecule has 4 rings (SSSR count). The summed E-state index contributed by atoms with van der Waals surface area (Å²) in [5, 5.41) is 0. The van der Waals surface area contributed by atoms with Gasteiger partial charge in [-0.1, -0.05) is 54.6 Å². The van der Waals surface area contributed by atoms with Gasteiger partial charge in [-0.15, -0.1) is 0 Å². The Balaban J connectivity index is 1.34. The number of rotatable bonds is 5. The lowest BCUT2D eigenvalue weighted by Gasteiger charge is -2.21. The first-order valence-corrected chi connectivity index (χ1v) is 12.2. The van der Waals surface area contributed by atoms with Gasteiger partial charge in [-0.25, -0.2) is 13.1 Å². The molecule has 3 atom stereocenters. The van der Waals surface area contributed by atoms with E-state index in [4.69, 9.17) is 0 Å². The molecule has 29 heavy (non-hydrogen) atoms. The summed E-state index contributed by atoms with van der Waals surface area (Å²) in [4.78, 5) is 14.9. The van der Waals surface area contributed by atoms with Crippen molar-refractivity contribution in [3.63, 3.8) is 0 Å². The van der Waals surface area contributed by atoms with Crippen LogP contribution in [-0.4, -0.2) is 44.6 Å². The molecule has 1 N–H and O–H groups in total. The van der Waals surface area contributed by atoms with E-state index in [2.05, 4.69) is 41.1 Å². The van der Waals surface area contributed by atoms with Crippen molar-refractivity contribution in [2.45, 2.75) is 37.6 Å². The zero-order chi connectivity index (χ0) is 20.4. The molecule has 5 nitrogen and oxygen atoms in total. The van der Waals surface area contributed by atoms with Gasteiger partial charge in [0.2, 0.25) is 15.9 Å². The molecule has 1 saturated carbocycles. The van der Waals surface area contributed by atoms with Crippen molar-refractivity contribution in [3.05, 3.63) is 60.2 Å². The highest BCUT2D eigenvalue weighted by Gasteiger charge is 2.45. The van der Waals surface area contributed by atoms with Crippen molar-refractivity contribution in [3.8, 4) is 11.1 Å². The second-order valence-corrected chi connectivity index (χ2v) is 10.1. The number of amides is 1. The van der Waals surface area contributed by atoms with E-state index in [1.165, 1.54) is 22.9 Å². The molecular weight excluding hydrogens is 384 g/mol. The second kappa shape index (κ2) is 8.28. The van der Waals surface area contributed by atoms with E-state index in [1.807, 2.05) is 23.1 Å². The molecule has 2 aliphatic rings. The van der Waals surface area contributed by atoms with Gasteiger partial charge in [0.1, 0.15) is 0 Å². The quantitative estimate of drug-likeness (QED) is 0.819. The summed E-state index contributed by atoms with van der Waals surface area (Å²) < 4.78 is 25.6. The molecule has 0 radical (unpaired) electrons. The molecule has 0 unspecified atom stereocenters. The van der Waals surface area contributed by atoms with E-state index in [0.29, 0.717) is 18.9 Å². The lowest BCUT2D eigenvalue weighted by atomic mass is 10.0. The fraction of sp³-hybridized carbons (Fsp3) is 0.435. The molecule has 0 bridgehead atoms. The second-order valence-electron chi connectivity index (χ2n) is 8.28. The van der Waals surface area contributed by atoms with Crippen LogP contribution < -0.4 is 4.72 Å². The number of hydrogen-bond donors (Lipinski definition) is 1. The molecule has 2 aromatic rings. The summed E-state index contributed by atoms with van der Waals surface area (Å²) in [5.74, 6) is 0.597. The van der Waals surface area contributed by atoms with Crippen molar-refractivity contribution in [2.75, 3.05) is 19.3 Å². The number of benzene rings is 2. The number of hydrogen-bond acceptors (Lipinski definition) is 3. The zero-order valence-corrected chi connectivity index (χ0v) is 17.6. The van der Waals surface area contributed by atoms with Gasteiger partial charge in [-0.05, 0) is 48.3 Å². The van der Waals surface area contributed by atoms with Crippen LogP contribution in [0.5, 0.6) is 0 Å². The highest BCUT2D eigenvalue weighted by atomic mass is 32.2. The maximum absolute atomic E-state index is 13.0. The van der Waals surface area contributed by atoms with Gasteiger partial charge in [0, 0.05) is 25.0 Å². The molecule has 1 heterocycles. The monoisotopic (exact) mass is 412 g/mol. The van der Waals surface area contributed by atoms with Crippen molar-refractivity contribution >= 4 is 15.9 Å². The van der Waals surface area contributed by atoms with Crippen LogP contribution in [0.25, 0.3) is 11.1 Å². The highest BCUT2D eigenvalue weighted by Crippen LogP contribution is 2.48. The maximum atomic E-state index is 13.0. The number of nitrogens with zero attached hydrogens (tertiary/aromatic N) is 1. The molecule has 154 valence electrons. The Morgan fingerprint density at radius 3 is 2.34 bits per heavy atom. The average molecular weight is 413 g/mol. The zero-order valence-electron chi connectivity index (χ0n) is 16.8. The first-order chi connectivity index (χ1) is 13.9. The van der Waals surface area contributed by atoms with E-state index in [9.17, 15) is 13.2 Å². The van der Waals surface area contributed by atoms with Crippen molar-refractivity contribution in [2.24, 2.45) is 5.92 Å². The predicted octanol–water partition coefficient (Wildman–Crippen LogP) is 3.39. The van der Waals surface area contributed by atoms with Gasteiger partial charge in [0.15, 0.2) is 0 Å². The summed E-state index contributed by atoms with van der Waals surface area (Å²) in [6, 6.07) is 18.8. The smallest absolute Gasteiger partial charge is 0.226 e. The standard InChI is InChI=1S/C23H28N2O3S/c1-29(27,28)24-20-8-5-14-25(15-13-20)23(26)22-16-21(22)19-11-9-18(10-12-19)17-6-3-2-4-7-17/h2-4,6-7,9-12,20-22,24H,5,8,13-16H2,1H3/t20-,21+,22-/m1/s1. The summed E-state index contributed by atoms with van der Waals surface area (Å²) in [6.07, 6.45) is 4.40. The third-order valence-corrected chi connectivity index (χ3v) is 6.74. The molecule has 2 fully saturated rings. The largest absolute Gasteiger partial charge is 0.342 e. The third kappa shape index (κ3) is 5.06. The molecular formula is C23H28N2O3S. The minimum Gasteiger partial charge on any atom is -0.342 e. The van der Waals surface area contributed by atoms with Crippen LogP contribution in [0, 0.1) is 5.92 Å². The minimum absolute atomic E-state index is 0.0664. The van der Waals surface area contributed by atoms with Crippen LogP contribution in [0.15, 0.2) is 54.6 Å². The highest BCUT2D eigenvalue weighted by molar-refractivity contribution is 7.88. The fourth-order valence-corrected chi connectivity index (χ4v) is 5.20. The van der Waals surface area contributed by atoms with E-state index >= 15 is 0 Å². The number of likely N-dealkylation sites (tertiary alicyclic amines) is 1. The normalized spacial score (nSPS) is 24.7. The molecule has 1 aliphatic carbocycles. The molecule has 1 saturated heterocycles. The van der Waals surface area contributed by atoms with E-state index in [-0.39, 0.29) is 17.9 Å². The van der Waals surface area contributed by atoms with E-state index in [1.54, 1.807) is 0 Å². The van der Waals surface area contributed by atoms with Gasteiger partial charge in [-0.3, -0.25) is 4.79 Å². The van der Waals surface area contributed by atoms with Crippen LogP contribution >= 0.6 is 0 Å². The van der Waals surface area contributed by atoms with Crippen LogP contribution in [0.4, 0.5) is 0 Å². The number of sulfonamides is 1. The molecule has 1 amide bonds. The topological polar surface area (TPSA) is 66.5 Å². The predicted molar refractivity (Wildman–Crippen MR) is 115 cm³/mol. The molecule has 2 aromatic carbocycles. The third-order valence-electron chi connectivity index (χ3n) is 5.97. The van der Waals surface area contributed by atoms with Crippen LogP contribution in [0.2, 0.25) is 0 Å². The Morgan fingerprint density at radius 1 is 0.966 bits per heavy atom. The van der Waals surface area contributed by atoms with Crippen LogP contribution in [0.3, 0.4) is 0 Å². The average Bonchev–Trinajstić information content (AvgIpc) is 3.52. The Hall–Kier alpha value is -2.18. The van der Waals surface area contributed by atoms with E-state index in [0.717, 1.165) is 25.8 Å². The van der Waals surface area contributed by atoms with Gasteiger partial charge < -0.3 is 4.90 Å². The Kier molecular flexibility index (Phi) is 5.74. The first kappa shape index (κ1) is 20.1. The van der Waals surface area contributed by atoms with Crippen LogP contribution in [0.1, 0.15) is 37.2 Å². The van der Waals surface area contributed by atoms with Gasteiger partial charge >= 0.3 is 0 Å².